The molecule has 0 saturated carbocycles. The maximum absolute atomic E-state index is 11.3. The van der Waals surface area contributed by atoms with Crippen molar-refractivity contribution in [2.24, 2.45) is 11.5 Å². The van der Waals surface area contributed by atoms with Crippen LogP contribution in [0.3, 0.4) is 0 Å². The predicted octanol–water partition coefficient (Wildman–Crippen LogP) is -1.01. The third-order valence-corrected chi connectivity index (χ3v) is 1.55. The van der Waals surface area contributed by atoms with Crippen molar-refractivity contribution in [3.63, 3.8) is 0 Å². The highest BCUT2D eigenvalue weighted by atomic mass is 16.5. The Balaban J connectivity index is 4.20. The van der Waals surface area contributed by atoms with Crippen molar-refractivity contribution < 1.29 is 19.1 Å². The van der Waals surface area contributed by atoms with Gasteiger partial charge in [0.15, 0.2) is 0 Å². The summed E-state index contributed by atoms with van der Waals surface area (Å²) in [5.41, 5.74) is 9.62. The summed E-state index contributed by atoms with van der Waals surface area (Å²) >= 11 is 0. The van der Waals surface area contributed by atoms with Crippen molar-refractivity contribution in [2.45, 2.75) is 25.9 Å². The molecular formula is C8H16N4O4. The first-order valence-corrected chi connectivity index (χ1v) is 4.76. The molecule has 0 spiro atoms. The Labute approximate surface area is 92.7 Å². The summed E-state index contributed by atoms with van der Waals surface area (Å²) < 4.78 is 4.77. The first-order chi connectivity index (χ1) is 7.47. The molecule has 0 aliphatic heterocycles. The Morgan fingerprint density at radius 2 is 1.69 bits per heavy atom. The van der Waals surface area contributed by atoms with E-state index in [2.05, 4.69) is 0 Å². The molecule has 6 N–H and O–H groups in total. The minimum atomic E-state index is -1.35. The first-order valence-electron chi connectivity index (χ1n) is 4.76. The zero-order chi connectivity index (χ0) is 12.6. The quantitative estimate of drug-likeness (QED) is 0.265. The fourth-order valence-corrected chi connectivity index (χ4v) is 0.839. The number of urea groups is 2. The Bertz CT molecular complexity index is 253. The van der Waals surface area contributed by atoms with Crippen molar-refractivity contribution in [1.29, 1.82) is 0 Å². The largest absolute Gasteiger partial charge is 0.463 e. The summed E-state index contributed by atoms with van der Waals surface area (Å²) in [7, 11) is 0. The summed E-state index contributed by atoms with van der Waals surface area (Å²) in [5, 5.41) is 3.98. The van der Waals surface area contributed by atoms with Crippen LogP contribution in [0.2, 0.25) is 0 Å². The second-order valence-corrected chi connectivity index (χ2v) is 2.97. The lowest BCUT2D eigenvalue weighted by atomic mass is 10.4. The Morgan fingerprint density at radius 1 is 1.19 bits per heavy atom. The maximum atomic E-state index is 11.3. The van der Waals surface area contributed by atoms with Crippen molar-refractivity contribution in [3.8, 4) is 0 Å². The average Bonchev–Trinajstić information content (AvgIpc) is 2.15. The highest BCUT2D eigenvalue weighted by molar-refractivity contribution is 5.86. The number of nitrogens with two attached hydrogens (primary N) is 2. The van der Waals surface area contributed by atoms with E-state index >= 15 is 0 Å². The number of esters is 1. The normalized spacial score (nSPS) is 9.62. The van der Waals surface area contributed by atoms with Gasteiger partial charge in [-0.1, -0.05) is 13.3 Å². The highest BCUT2D eigenvalue weighted by Crippen LogP contribution is 1.91. The molecule has 0 heterocycles. The molecule has 16 heavy (non-hydrogen) atoms. The van der Waals surface area contributed by atoms with Crippen molar-refractivity contribution in [3.05, 3.63) is 0 Å². The number of amides is 4. The van der Waals surface area contributed by atoms with Gasteiger partial charge in [-0.3, -0.25) is 0 Å². The van der Waals surface area contributed by atoms with Gasteiger partial charge in [0.25, 0.3) is 0 Å². The van der Waals surface area contributed by atoms with E-state index in [0.29, 0.717) is 6.42 Å². The highest BCUT2D eigenvalue weighted by Gasteiger charge is 2.22. The number of primary amides is 2. The van der Waals surface area contributed by atoms with Crippen LogP contribution in [0.25, 0.3) is 0 Å². The summed E-state index contributed by atoms with van der Waals surface area (Å²) in [5.74, 6) is -0.814. The zero-order valence-corrected chi connectivity index (χ0v) is 8.99. The van der Waals surface area contributed by atoms with E-state index in [4.69, 9.17) is 16.2 Å². The van der Waals surface area contributed by atoms with E-state index < -0.39 is 24.2 Å². The van der Waals surface area contributed by atoms with Crippen LogP contribution in [0.4, 0.5) is 9.59 Å². The molecule has 4 amide bonds. The fourth-order valence-electron chi connectivity index (χ4n) is 0.839. The number of hydrogen-bond donors (Lipinski definition) is 4. The molecule has 92 valence electrons. The molecule has 0 fully saturated rings. The number of hydrogen-bond acceptors (Lipinski definition) is 4. The topological polar surface area (TPSA) is 137 Å². The SMILES string of the molecule is CCCCOC(=O)C(NC(N)=O)NC(N)=O. The van der Waals surface area contributed by atoms with Crippen LogP contribution in [0.15, 0.2) is 0 Å². The van der Waals surface area contributed by atoms with E-state index in [1.54, 1.807) is 0 Å². The lowest BCUT2D eigenvalue weighted by Crippen LogP contribution is -2.56. The van der Waals surface area contributed by atoms with Gasteiger partial charge >= 0.3 is 18.0 Å². The molecule has 0 saturated heterocycles. The number of unbranched alkanes of at least 4 members (excludes halogenated alkanes) is 1. The van der Waals surface area contributed by atoms with Crippen LogP contribution in [0.1, 0.15) is 19.8 Å². The van der Waals surface area contributed by atoms with Crippen LogP contribution >= 0.6 is 0 Å². The van der Waals surface area contributed by atoms with Gasteiger partial charge < -0.3 is 26.8 Å². The van der Waals surface area contributed by atoms with Crippen molar-refractivity contribution >= 4 is 18.0 Å². The molecule has 0 aromatic heterocycles. The van der Waals surface area contributed by atoms with Gasteiger partial charge in [0.2, 0.25) is 6.17 Å². The minimum absolute atomic E-state index is 0.201. The van der Waals surface area contributed by atoms with Crippen LogP contribution < -0.4 is 22.1 Å². The van der Waals surface area contributed by atoms with Crippen LogP contribution in [0.5, 0.6) is 0 Å². The zero-order valence-electron chi connectivity index (χ0n) is 8.99. The van der Waals surface area contributed by atoms with Crippen LogP contribution in [-0.4, -0.2) is 30.8 Å². The fraction of sp³-hybridized carbons (Fsp3) is 0.625. The summed E-state index contributed by atoms with van der Waals surface area (Å²) in [6, 6.07) is -1.93. The average molecular weight is 232 g/mol. The molecule has 0 atom stereocenters. The Kier molecular flexibility index (Phi) is 6.41. The number of carbonyl (C=O) groups excluding carboxylic acids is 3. The number of carbonyl (C=O) groups is 3. The summed E-state index contributed by atoms with van der Waals surface area (Å²) in [6.07, 6.45) is 0.183. The van der Waals surface area contributed by atoms with E-state index in [-0.39, 0.29) is 6.61 Å². The van der Waals surface area contributed by atoms with Crippen molar-refractivity contribution in [2.75, 3.05) is 6.61 Å². The molecular weight excluding hydrogens is 216 g/mol. The third kappa shape index (κ3) is 6.46. The minimum Gasteiger partial charge on any atom is -0.463 e. The van der Waals surface area contributed by atoms with Gasteiger partial charge in [0, 0.05) is 0 Å². The molecule has 0 bridgehead atoms. The standard InChI is InChI=1S/C8H16N4O4/c1-2-3-4-16-6(13)5(11-7(9)14)12-8(10)15/h5H,2-4H2,1H3,(H3,9,11,14)(H3,10,12,15). The molecule has 0 aliphatic carbocycles. The summed E-state index contributed by atoms with van der Waals surface area (Å²) in [6.45, 7) is 2.13. The van der Waals surface area contributed by atoms with Gasteiger partial charge in [-0.2, -0.15) is 0 Å². The lowest BCUT2D eigenvalue weighted by molar-refractivity contribution is -0.146. The second-order valence-electron chi connectivity index (χ2n) is 2.97. The van der Waals surface area contributed by atoms with Crippen LogP contribution in [-0.2, 0) is 9.53 Å². The molecule has 0 radical (unpaired) electrons. The van der Waals surface area contributed by atoms with E-state index in [9.17, 15) is 14.4 Å². The predicted molar refractivity (Wildman–Crippen MR) is 55.1 cm³/mol. The number of nitrogens with one attached hydrogen (secondary N) is 2. The Hall–Kier alpha value is -1.99. The van der Waals surface area contributed by atoms with E-state index in [0.717, 1.165) is 6.42 Å². The monoisotopic (exact) mass is 232 g/mol. The molecule has 0 aromatic carbocycles. The van der Waals surface area contributed by atoms with Gasteiger partial charge in [-0.05, 0) is 6.42 Å². The van der Waals surface area contributed by atoms with Gasteiger partial charge in [-0.15, -0.1) is 0 Å². The van der Waals surface area contributed by atoms with Crippen molar-refractivity contribution in [1.82, 2.24) is 10.6 Å². The molecule has 0 aliphatic rings. The molecule has 8 heteroatoms. The molecule has 0 rings (SSSR count). The molecule has 0 unspecified atom stereocenters. The number of ether oxygens (including phenoxy) is 1. The first kappa shape index (κ1) is 14.0. The van der Waals surface area contributed by atoms with Gasteiger partial charge in [0.1, 0.15) is 0 Å². The molecule has 8 nitrogen and oxygen atoms in total. The Morgan fingerprint density at radius 3 is 2.06 bits per heavy atom. The second kappa shape index (κ2) is 7.32. The van der Waals surface area contributed by atoms with E-state index in [1.807, 2.05) is 17.6 Å². The smallest absolute Gasteiger partial charge is 0.349 e. The van der Waals surface area contributed by atoms with Crippen LogP contribution in [0, 0.1) is 0 Å². The summed E-state index contributed by atoms with van der Waals surface area (Å²) in [4.78, 5) is 32.4. The van der Waals surface area contributed by atoms with Gasteiger partial charge in [-0.25, -0.2) is 14.4 Å². The lowest BCUT2D eigenvalue weighted by Gasteiger charge is -2.16. The van der Waals surface area contributed by atoms with E-state index in [1.165, 1.54) is 0 Å². The maximum Gasteiger partial charge on any atom is 0.349 e. The number of rotatable bonds is 6. The third-order valence-electron chi connectivity index (χ3n) is 1.55. The molecule has 0 aromatic rings. The van der Waals surface area contributed by atoms with Gasteiger partial charge in [0.05, 0.1) is 6.61 Å².